The normalized spacial score (nSPS) is 12.4. The summed E-state index contributed by atoms with van der Waals surface area (Å²) in [5, 5.41) is 0. The number of Topliss-reactive ketones (excluding diaryl/α,β-unsaturated/α-hetero) is 1. The molecule has 0 aromatic heterocycles. The summed E-state index contributed by atoms with van der Waals surface area (Å²) in [5.74, 6) is 0.224. The molecule has 0 saturated carbocycles. The topological polar surface area (TPSA) is 20.3 Å². The number of rotatable bonds is 5. The summed E-state index contributed by atoms with van der Waals surface area (Å²) in [6.45, 7) is 2.11. The molecule has 0 N–H and O–H groups in total. The quantitative estimate of drug-likeness (QED) is 0.358. The standard InChI is InChI=1S/C23H21NOS/c1-2-3-13-21(25)17-9-8-10-18(16-17)24-19-11-4-6-14-22(19)26-23-15-7-5-12-20(23)24/h4-12,14-16H,2-3,13H2,1H3. The Labute approximate surface area is 158 Å². The van der Waals surface area contributed by atoms with Gasteiger partial charge in [0.05, 0.1) is 11.4 Å². The zero-order chi connectivity index (χ0) is 17.9. The van der Waals surface area contributed by atoms with Gasteiger partial charge in [0.25, 0.3) is 0 Å². The van der Waals surface area contributed by atoms with Gasteiger partial charge in [-0.2, -0.15) is 0 Å². The van der Waals surface area contributed by atoms with Crippen molar-refractivity contribution in [3.8, 4) is 0 Å². The van der Waals surface area contributed by atoms with Crippen molar-refractivity contribution in [1.82, 2.24) is 0 Å². The number of nitrogens with zero attached hydrogens (tertiary/aromatic N) is 1. The zero-order valence-corrected chi connectivity index (χ0v) is 15.6. The van der Waals surface area contributed by atoms with E-state index in [0.29, 0.717) is 6.42 Å². The molecule has 1 aliphatic rings. The van der Waals surface area contributed by atoms with Crippen LogP contribution in [0.3, 0.4) is 0 Å². The Bertz CT molecular complexity index is 905. The number of benzene rings is 3. The van der Waals surface area contributed by atoms with Gasteiger partial charge >= 0.3 is 0 Å². The number of carbonyl (C=O) groups excluding carboxylic acids is 1. The van der Waals surface area contributed by atoms with E-state index in [4.69, 9.17) is 0 Å². The van der Waals surface area contributed by atoms with E-state index in [9.17, 15) is 4.79 Å². The van der Waals surface area contributed by atoms with Gasteiger partial charge in [-0.3, -0.25) is 4.79 Å². The summed E-state index contributed by atoms with van der Waals surface area (Å²) in [6, 6.07) is 24.9. The summed E-state index contributed by atoms with van der Waals surface area (Å²) < 4.78 is 0. The van der Waals surface area contributed by atoms with Gasteiger partial charge in [-0.05, 0) is 42.8 Å². The fourth-order valence-corrected chi connectivity index (χ4v) is 4.34. The first-order chi connectivity index (χ1) is 12.8. The Morgan fingerprint density at radius 2 is 1.54 bits per heavy atom. The summed E-state index contributed by atoms with van der Waals surface area (Å²) in [7, 11) is 0. The number of hydrogen-bond acceptors (Lipinski definition) is 3. The molecule has 1 aliphatic heterocycles. The number of hydrogen-bond donors (Lipinski definition) is 0. The van der Waals surface area contributed by atoms with Gasteiger partial charge in [-0.1, -0.05) is 61.5 Å². The first-order valence-electron chi connectivity index (χ1n) is 9.07. The van der Waals surface area contributed by atoms with E-state index in [1.807, 2.05) is 18.2 Å². The molecular formula is C23H21NOS. The maximum absolute atomic E-state index is 12.5. The molecule has 0 radical (unpaired) electrons. The molecule has 0 atom stereocenters. The van der Waals surface area contributed by atoms with E-state index in [2.05, 4.69) is 66.4 Å². The average molecular weight is 359 g/mol. The van der Waals surface area contributed by atoms with Crippen molar-refractivity contribution in [3.63, 3.8) is 0 Å². The highest BCUT2D eigenvalue weighted by Gasteiger charge is 2.24. The number of anilines is 3. The molecule has 0 unspecified atom stereocenters. The van der Waals surface area contributed by atoms with Gasteiger partial charge in [0.15, 0.2) is 5.78 Å². The molecule has 0 bridgehead atoms. The van der Waals surface area contributed by atoms with Gasteiger partial charge in [0, 0.05) is 27.5 Å². The minimum absolute atomic E-state index is 0.224. The number of unbranched alkanes of at least 4 members (excludes halogenated alkanes) is 1. The Balaban J connectivity index is 1.80. The molecule has 2 nitrogen and oxygen atoms in total. The van der Waals surface area contributed by atoms with E-state index in [0.717, 1.165) is 35.5 Å². The SMILES string of the molecule is CCCCC(=O)c1cccc(N2c3ccccc3Sc3ccccc32)c1. The highest BCUT2D eigenvalue weighted by atomic mass is 32.2. The Hall–Kier alpha value is -2.52. The van der Waals surface area contributed by atoms with Crippen molar-refractivity contribution >= 4 is 34.6 Å². The molecule has 0 fully saturated rings. The van der Waals surface area contributed by atoms with Crippen LogP contribution in [0.15, 0.2) is 82.6 Å². The number of para-hydroxylation sites is 2. The third-order valence-corrected chi connectivity index (χ3v) is 5.75. The van der Waals surface area contributed by atoms with Crippen LogP contribution < -0.4 is 4.90 Å². The van der Waals surface area contributed by atoms with Crippen LogP contribution in [0, 0.1) is 0 Å². The second kappa shape index (κ2) is 7.38. The lowest BCUT2D eigenvalue weighted by atomic mass is 10.0. The number of carbonyl (C=O) groups is 1. The van der Waals surface area contributed by atoms with E-state index in [1.165, 1.54) is 9.79 Å². The maximum Gasteiger partial charge on any atom is 0.162 e. The van der Waals surface area contributed by atoms with Gasteiger partial charge in [0.2, 0.25) is 0 Å². The predicted molar refractivity (Wildman–Crippen MR) is 109 cm³/mol. The fourth-order valence-electron chi connectivity index (χ4n) is 3.28. The highest BCUT2D eigenvalue weighted by Crippen LogP contribution is 2.51. The Morgan fingerprint density at radius 3 is 2.19 bits per heavy atom. The van der Waals surface area contributed by atoms with Crippen LogP contribution in [0.1, 0.15) is 36.5 Å². The van der Waals surface area contributed by atoms with Crippen molar-refractivity contribution in [3.05, 3.63) is 78.4 Å². The van der Waals surface area contributed by atoms with Crippen LogP contribution in [-0.4, -0.2) is 5.78 Å². The summed E-state index contributed by atoms with van der Waals surface area (Å²) in [4.78, 5) is 17.2. The van der Waals surface area contributed by atoms with E-state index in [1.54, 1.807) is 11.8 Å². The molecular weight excluding hydrogens is 338 g/mol. The molecule has 4 rings (SSSR count). The van der Waals surface area contributed by atoms with Crippen molar-refractivity contribution in [2.24, 2.45) is 0 Å². The lowest BCUT2D eigenvalue weighted by molar-refractivity contribution is 0.0980. The van der Waals surface area contributed by atoms with Crippen LogP contribution in [0.5, 0.6) is 0 Å². The molecule has 0 spiro atoms. The monoisotopic (exact) mass is 359 g/mol. The van der Waals surface area contributed by atoms with Crippen LogP contribution >= 0.6 is 11.8 Å². The van der Waals surface area contributed by atoms with Crippen molar-refractivity contribution in [2.45, 2.75) is 36.0 Å². The second-order valence-electron chi connectivity index (χ2n) is 6.45. The zero-order valence-electron chi connectivity index (χ0n) is 14.8. The number of fused-ring (bicyclic) bond motifs is 2. The minimum atomic E-state index is 0.224. The molecule has 0 saturated heterocycles. The third kappa shape index (κ3) is 3.15. The molecule has 3 heteroatoms. The average Bonchev–Trinajstić information content (AvgIpc) is 2.70. The van der Waals surface area contributed by atoms with Gasteiger partial charge in [-0.15, -0.1) is 0 Å². The maximum atomic E-state index is 12.5. The predicted octanol–water partition coefficient (Wildman–Crippen LogP) is 6.99. The van der Waals surface area contributed by atoms with E-state index < -0.39 is 0 Å². The van der Waals surface area contributed by atoms with Gasteiger partial charge in [0.1, 0.15) is 0 Å². The fraction of sp³-hybridized carbons (Fsp3) is 0.174. The minimum Gasteiger partial charge on any atom is -0.308 e. The second-order valence-corrected chi connectivity index (χ2v) is 7.53. The van der Waals surface area contributed by atoms with Crippen LogP contribution in [0.25, 0.3) is 0 Å². The molecule has 0 aliphatic carbocycles. The summed E-state index contributed by atoms with van der Waals surface area (Å²) in [5.41, 5.74) is 4.15. The van der Waals surface area contributed by atoms with Crippen molar-refractivity contribution < 1.29 is 4.79 Å². The number of ketones is 1. The van der Waals surface area contributed by atoms with Crippen LogP contribution in [0.2, 0.25) is 0 Å². The van der Waals surface area contributed by atoms with Gasteiger partial charge in [-0.25, -0.2) is 0 Å². The molecule has 130 valence electrons. The molecule has 1 heterocycles. The highest BCUT2D eigenvalue weighted by molar-refractivity contribution is 7.99. The lowest BCUT2D eigenvalue weighted by Gasteiger charge is -2.33. The molecule has 3 aromatic carbocycles. The van der Waals surface area contributed by atoms with Crippen LogP contribution in [-0.2, 0) is 0 Å². The van der Waals surface area contributed by atoms with Crippen LogP contribution in [0.4, 0.5) is 17.1 Å². The largest absolute Gasteiger partial charge is 0.308 e. The Morgan fingerprint density at radius 1 is 0.885 bits per heavy atom. The molecule has 0 amide bonds. The van der Waals surface area contributed by atoms with E-state index in [-0.39, 0.29) is 5.78 Å². The summed E-state index contributed by atoms with van der Waals surface area (Å²) in [6.07, 6.45) is 2.59. The lowest BCUT2D eigenvalue weighted by Crippen LogP contribution is -2.15. The van der Waals surface area contributed by atoms with E-state index >= 15 is 0 Å². The first-order valence-corrected chi connectivity index (χ1v) is 9.89. The smallest absolute Gasteiger partial charge is 0.162 e. The van der Waals surface area contributed by atoms with Gasteiger partial charge < -0.3 is 4.90 Å². The Kier molecular flexibility index (Phi) is 4.81. The molecule has 3 aromatic rings. The summed E-state index contributed by atoms with van der Waals surface area (Å²) >= 11 is 1.79. The molecule has 26 heavy (non-hydrogen) atoms. The third-order valence-electron chi connectivity index (χ3n) is 4.62. The van der Waals surface area contributed by atoms with Crippen molar-refractivity contribution in [2.75, 3.05) is 4.90 Å². The first kappa shape index (κ1) is 16.9. The van der Waals surface area contributed by atoms with Crippen molar-refractivity contribution in [1.29, 1.82) is 0 Å².